The largest absolute Gasteiger partial charge is 0.311 e. The Morgan fingerprint density at radius 3 is 1.35 bits per heavy atom. The Balaban J connectivity index is 1.23. The predicted octanol–water partition coefficient (Wildman–Crippen LogP) is 18.0. The van der Waals surface area contributed by atoms with Gasteiger partial charge in [0.15, 0.2) is 0 Å². The lowest BCUT2D eigenvalue weighted by Crippen LogP contribution is -2.62. The molecule has 1 aliphatic carbocycles. The highest BCUT2D eigenvalue weighted by Gasteiger charge is 2.48. The molecule has 0 amide bonds. The van der Waals surface area contributed by atoms with Crippen LogP contribution in [0.3, 0.4) is 0 Å². The molecule has 2 heterocycles. The van der Waals surface area contributed by atoms with Crippen LogP contribution in [0.2, 0.25) is 0 Å². The fourth-order valence-corrected chi connectivity index (χ4v) is 13.4. The number of anilines is 6. The summed E-state index contributed by atoms with van der Waals surface area (Å²) in [6, 6.07) is 66.4. The Bertz CT molecular complexity index is 3560. The van der Waals surface area contributed by atoms with Gasteiger partial charge in [-0.15, -0.1) is 0 Å². The monoisotopic (exact) mass is 1010 g/mol. The minimum absolute atomic E-state index is 0.00593. The molecule has 0 spiro atoms. The van der Waals surface area contributed by atoms with Crippen molar-refractivity contribution in [3.8, 4) is 0 Å². The number of hydrogen-bond donors (Lipinski definition) is 0. The highest BCUT2D eigenvalue weighted by molar-refractivity contribution is 7.00. The number of fused-ring (bicyclic) bond motifs is 5. The zero-order valence-electron chi connectivity index (χ0n) is 49.6. The molecular weight excluding hydrogens is 928 g/mol. The van der Waals surface area contributed by atoms with E-state index >= 15 is 0 Å². The molecule has 3 heteroatoms. The van der Waals surface area contributed by atoms with Gasteiger partial charge in [0.25, 0.3) is 6.71 Å². The molecule has 392 valence electrons. The zero-order chi connectivity index (χ0) is 55.0. The number of benzene rings is 8. The van der Waals surface area contributed by atoms with Crippen LogP contribution in [-0.4, -0.2) is 6.71 Å². The van der Waals surface area contributed by atoms with Gasteiger partial charge >= 0.3 is 0 Å². The van der Waals surface area contributed by atoms with E-state index in [1.165, 1.54) is 112 Å². The molecule has 2 nitrogen and oxygen atoms in total. The van der Waals surface area contributed by atoms with Crippen molar-refractivity contribution in [1.29, 1.82) is 0 Å². The van der Waals surface area contributed by atoms with Gasteiger partial charge in [-0.05, 0) is 161 Å². The second-order valence-electron chi connectivity index (χ2n) is 28.3. The van der Waals surface area contributed by atoms with Crippen molar-refractivity contribution in [3.05, 3.63) is 231 Å². The molecule has 3 aliphatic rings. The molecule has 0 aromatic heterocycles. The molecule has 77 heavy (non-hydrogen) atoms. The summed E-state index contributed by atoms with van der Waals surface area (Å²) < 4.78 is 0. The fourth-order valence-electron chi connectivity index (χ4n) is 13.4. The zero-order valence-corrected chi connectivity index (χ0v) is 49.6. The molecule has 8 aromatic rings. The third-order valence-corrected chi connectivity index (χ3v) is 19.0. The molecule has 0 fully saturated rings. The highest BCUT2D eigenvalue weighted by Crippen LogP contribution is 2.53. The lowest BCUT2D eigenvalue weighted by Gasteiger charge is -2.48. The first kappa shape index (κ1) is 52.5. The maximum Gasteiger partial charge on any atom is 0.252 e. The molecule has 8 aromatic carbocycles. The van der Waals surface area contributed by atoms with E-state index in [0.29, 0.717) is 0 Å². The minimum atomic E-state index is -0.352. The molecule has 0 saturated carbocycles. The molecule has 0 unspecified atom stereocenters. The number of rotatable bonds is 8. The van der Waals surface area contributed by atoms with Gasteiger partial charge in [-0.1, -0.05) is 238 Å². The molecule has 0 radical (unpaired) electrons. The Morgan fingerprint density at radius 1 is 0.364 bits per heavy atom. The van der Waals surface area contributed by atoms with E-state index in [-0.39, 0.29) is 44.6 Å². The second-order valence-corrected chi connectivity index (χ2v) is 28.3. The maximum atomic E-state index is 2.73. The van der Waals surface area contributed by atoms with Crippen LogP contribution in [0, 0.1) is 6.92 Å². The summed E-state index contributed by atoms with van der Waals surface area (Å²) in [7, 11) is 0. The Kier molecular flexibility index (Phi) is 12.3. The van der Waals surface area contributed by atoms with Gasteiger partial charge in [-0.25, -0.2) is 0 Å². The van der Waals surface area contributed by atoms with Crippen molar-refractivity contribution < 1.29 is 0 Å². The van der Waals surface area contributed by atoms with E-state index in [4.69, 9.17) is 0 Å². The molecule has 2 aliphatic heterocycles. The van der Waals surface area contributed by atoms with Crippen LogP contribution >= 0.6 is 0 Å². The van der Waals surface area contributed by atoms with Gasteiger partial charge < -0.3 is 9.80 Å². The van der Waals surface area contributed by atoms with Crippen molar-refractivity contribution in [2.75, 3.05) is 9.80 Å². The highest BCUT2D eigenvalue weighted by atomic mass is 15.2. The average molecular weight is 1010 g/mol. The third kappa shape index (κ3) is 8.70. The van der Waals surface area contributed by atoms with Crippen molar-refractivity contribution in [2.45, 2.75) is 168 Å². The molecule has 0 atom stereocenters. The van der Waals surface area contributed by atoms with E-state index in [2.05, 4.69) is 297 Å². The van der Waals surface area contributed by atoms with E-state index < -0.39 is 0 Å². The molecule has 0 bridgehead atoms. The van der Waals surface area contributed by atoms with Crippen LogP contribution in [-0.2, 0) is 37.9 Å². The summed E-state index contributed by atoms with van der Waals surface area (Å²) in [5.41, 5.74) is 25.7. The van der Waals surface area contributed by atoms with Crippen molar-refractivity contribution in [1.82, 2.24) is 0 Å². The van der Waals surface area contributed by atoms with Gasteiger partial charge in [-0.2, -0.15) is 0 Å². The summed E-state index contributed by atoms with van der Waals surface area (Å²) in [5, 5.41) is 0. The SMILES string of the molecule is Cc1cc2c3c(c1)N(c1ccc(C(C)(C)C)cc1C(C)(C)c1ccc(C(C)(C)C)cc1)c1cc4c(cc1B3c1cc(C(C)(C)c3ccccc3)ccc1N2c1ccc(C(C)(C)c2ccccc2)cc1)C(C)(C)CCC4(C)C. The van der Waals surface area contributed by atoms with Crippen LogP contribution in [0.4, 0.5) is 34.1 Å². The van der Waals surface area contributed by atoms with E-state index in [9.17, 15) is 0 Å². The quantitative estimate of drug-likeness (QED) is 0.140. The summed E-state index contributed by atoms with van der Waals surface area (Å²) in [4.78, 5) is 5.34. The first-order valence-electron chi connectivity index (χ1n) is 28.7. The van der Waals surface area contributed by atoms with Crippen LogP contribution in [0.5, 0.6) is 0 Å². The first-order valence-corrected chi connectivity index (χ1v) is 28.7. The van der Waals surface area contributed by atoms with Gasteiger partial charge in [0, 0.05) is 44.7 Å². The van der Waals surface area contributed by atoms with Crippen molar-refractivity contribution in [2.24, 2.45) is 0 Å². The van der Waals surface area contributed by atoms with E-state index in [0.717, 1.165) is 12.8 Å². The predicted molar refractivity (Wildman–Crippen MR) is 334 cm³/mol. The lowest BCUT2D eigenvalue weighted by molar-refractivity contribution is 0.332. The van der Waals surface area contributed by atoms with E-state index in [1.807, 2.05) is 0 Å². The van der Waals surface area contributed by atoms with Crippen LogP contribution in [0.15, 0.2) is 170 Å². The normalized spacial score (nSPS) is 15.9. The summed E-state index contributed by atoms with van der Waals surface area (Å²) >= 11 is 0. The second kappa shape index (κ2) is 18.0. The van der Waals surface area contributed by atoms with Crippen molar-refractivity contribution >= 4 is 57.2 Å². The van der Waals surface area contributed by atoms with Crippen molar-refractivity contribution in [3.63, 3.8) is 0 Å². The number of aryl methyl sites for hydroxylation is 1. The van der Waals surface area contributed by atoms with Gasteiger partial charge in [0.2, 0.25) is 0 Å². The summed E-state index contributed by atoms with van der Waals surface area (Å²) in [6.07, 6.45) is 2.30. The smallest absolute Gasteiger partial charge is 0.252 e. The summed E-state index contributed by atoms with van der Waals surface area (Å²) in [6.45, 7) is 40.7. The standard InChI is InChI=1S/C74H83BN2/c1-48-42-65-67-66(43-48)77(62-38-34-54(69(5,6)7)44-59(62)74(16,17)53-30-28-49(29-31-53)68(2,3)4)64-47-58-57(70(8,9)40-41-71(58,10)11)46-61(64)75(67)60-45-55(73(14,15)51-26-22-19-23-27-51)35-39-63(60)76(65)56-36-32-52(33-37-56)72(12,13)50-24-20-18-21-25-50/h18-39,42-47H,40-41H2,1-17H3. The van der Waals surface area contributed by atoms with Crippen LogP contribution < -0.4 is 26.2 Å². The molecular formula is C74H83BN2. The maximum absolute atomic E-state index is 2.73. The molecule has 0 N–H and O–H groups in total. The number of nitrogens with zero attached hydrogens (tertiary/aromatic N) is 2. The minimum Gasteiger partial charge on any atom is -0.311 e. The third-order valence-electron chi connectivity index (χ3n) is 19.0. The Morgan fingerprint density at radius 2 is 0.792 bits per heavy atom. The summed E-state index contributed by atoms with van der Waals surface area (Å²) in [5.74, 6) is 0. The van der Waals surface area contributed by atoms with Crippen LogP contribution in [0.25, 0.3) is 0 Å². The lowest BCUT2D eigenvalue weighted by atomic mass is 9.33. The average Bonchev–Trinajstić information content (AvgIpc) is 3.51. The molecule has 0 saturated heterocycles. The van der Waals surface area contributed by atoms with Gasteiger partial charge in [0.05, 0.1) is 5.69 Å². The van der Waals surface area contributed by atoms with Gasteiger partial charge in [0.1, 0.15) is 0 Å². The fraction of sp³-hybridized carbons (Fsp3) is 0.351. The topological polar surface area (TPSA) is 6.48 Å². The Labute approximate surface area is 464 Å². The van der Waals surface area contributed by atoms with E-state index in [1.54, 1.807) is 0 Å². The molecule has 11 rings (SSSR count). The van der Waals surface area contributed by atoms with Gasteiger partial charge in [-0.3, -0.25) is 0 Å². The first-order chi connectivity index (χ1) is 36.1. The number of hydrogen-bond acceptors (Lipinski definition) is 2. The van der Waals surface area contributed by atoms with Crippen LogP contribution in [0.1, 0.15) is 185 Å². The Hall–Kier alpha value is -6.58.